The number of nitrogens with one attached hydrogen (secondary N) is 2. The van der Waals surface area contributed by atoms with Gasteiger partial charge in [0.05, 0.1) is 17.8 Å². The number of aromatic nitrogens is 2. The number of rotatable bonds is 9. The standard InChI is InChI=1S/C26H37ClFN5O2/c1-17(2)33(34-3)20-6-4-19(5-7-20)31-25-14-21(22(27)16-29-25)24-9-8-23(28)26(32-24)30-15-18-10-12-35-13-11-18/h8-9,14,16-20H,4-7,10-13,15H2,1-3H3,(H,29,31)(H,30,32)/t19-,20-. The lowest BCUT2D eigenvalue weighted by molar-refractivity contribution is -0.189. The van der Waals surface area contributed by atoms with Gasteiger partial charge in [-0.1, -0.05) is 11.6 Å². The molecule has 0 radical (unpaired) electrons. The summed E-state index contributed by atoms with van der Waals surface area (Å²) in [5, 5.41) is 9.34. The number of hydrogen-bond acceptors (Lipinski definition) is 7. The van der Waals surface area contributed by atoms with Gasteiger partial charge in [-0.15, -0.1) is 0 Å². The number of halogens is 2. The molecule has 0 atom stereocenters. The molecule has 2 fully saturated rings. The average Bonchev–Trinajstić information content (AvgIpc) is 2.87. The van der Waals surface area contributed by atoms with Crippen LogP contribution in [-0.4, -0.2) is 60.0 Å². The predicted octanol–water partition coefficient (Wildman–Crippen LogP) is 5.77. The van der Waals surface area contributed by atoms with Gasteiger partial charge in [-0.05, 0) is 76.5 Å². The molecule has 0 amide bonds. The molecule has 1 aliphatic heterocycles. The minimum atomic E-state index is -0.368. The fourth-order valence-corrected chi connectivity index (χ4v) is 5.29. The van der Waals surface area contributed by atoms with Crippen LogP contribution in [0.25, 0.3) is 11.3 Å². The molecular formula is C26H37ClFN5O2. The van der Waals surface area contributed by atoms with Crippen molar-refractivity contribution >= 4 is 23.2 Å². The van der Waals surface area contributed by atoms with E-state index in [4.69, 9.17) is 21.2 Å². The summed E-state index contributed by atoms with van der Waals surface area (Å²) in [5.41, 5.74) is 1.35. The van der Waals surface area contributed by atoms with Crippen molar-refractivity contribution < 1.29 is 14.0 Å². The number of ether oxygens (including phenoxy) is 1. The van der Waals surface area contributed by atoms with Crippen LogP contribution in [0.5, 0.6) is 0 Å². The summed E-state index contributed by atoms with van der Waals surface area (Å²) in [6.07, 6.45) is 7.77. The molecule has 1 saturated heterocycles. The second-order valence-corrected chi connectivity index (χ2v) is 10.2. The van der Waals surface area contributed by atoms with Crippen LogP contribution in [0.1, 0.15) is 52.4 Å². The first kappa shape index (κ1) is 26.1. The smallest absolute Gasteiger partial charge is 0.165 e. The van der Waals surface area contributed by atoms with Crippen molar-refractivity contribution in [3.05, 3.63) is 35.2 Å². The summed E-state index contributed by atoms with van der Waals surface area (Å²) in [4.78, 5) is 14.6. The van der Waals surface area contributed by atoms with Crippen LogP contribution >= 0.6 is 11.6 Å². The normalized spacial score (nSPS) is 21.5. The maximum Gasteiger partial charge on any atom is 0.165 e. The van der Waals surface area contributed by atoms with Gasteiger partial charge in [0, 0.05) is 49.6 Å². The van der Waals surface area contributed by atoms with Crippen LogP contribution in [0, 0.1) is 11.7 Å². The lowest BCUT2D eigenvalue weighted by Gasteiger charge is -2.37. The monoisotopic (exact) mass is 505 g/mol. The van der Waals surface area contributed by atoms with Crippen molar-refractivity contribution in [1.82, 2.24) is 15.0 Å². The first-order valence-electron chi connectivity index (χ1n) is 12.7. The Hall–Kier alpha value is -2.00. The molecule has 2 aliphatic rings. The molecule has 0 aromatic carbocycles. The van der Waals surface area contributed by atoms with Gasteiger partial charge in [0.1, 0.15) is 5.82 Å². The van der Waals surface area contributed by atoms with Gasteiger partial charge in [0.25, 0.3) is 0 Å². The van der Waals surface area contributed by atoms with Gasteiger partial charge in [0.15, 0.2) is 11.6 Å². The molecule has 2 aromatic heterocycles. The molecule has 192 valence electrons. The zero-order chi connectivity index (χ0) is 24.8. The third-order valence-corrected chi connectivity index (χ3v) is 7.31. The highest BCUT2D eigenvalue weighted by Crippen LogP contribution is 2.32. The van der Waals surface area contributed by atoms with Crippen molar-refractivity contribution in [3.63, 3.8) is 0 Å². The van der Waals surface area contributed by atoms with E-state index in [9.17, 15) is 4.39 Å². The number of hydroxylamine groups is 2. The molecule has 35 heavy (non-hydrogen) atoms. The van der Waals surface area contributed by atoms with Crippen LogP contribution < -0.4 is 10.6 Å². The van der Waals surface area contributed by atoms with Gasteiger partial charge < -0.3 is 20.2 Å². The third-order valence-electron chi connectivity index (χ3n) is 7.00. The highest BCUT2D eigenvalue weighted by Gasteiger charge is 2.28. The molecule has 1 saturated carbocycles. The van der Waals surface area contributed by atoms with E-state index in [0.29, 0.717) is 41.3 Å². The van der Waals surface area contributed by atoms with Crippen LogP contribution in [0.15, 0.2) is 24.4 Å². The fourth-order valence-electron chi connectivity index (χ4n) is 5.09. The van der Waals surface area contributed by atoms with E-state index in [1.54, 1.807) is 19.4 Å². The summed E-state index contributed by atoms with van der Waals surface area (Å²) in [6, 6.07) is 6.13. The summed E-state index contributed by atoms with van der Waals surface area (Å²) in [5.74, 6) is 1.10. The molecule has 3 heterocycles. The third kappa shape index (κ3) is 6.82. The van der Waals surface area contributed by atoms with E-state index in [-0.39, 0.29) is 11.6 Å². The van der Waals surface area contributed by atoms with Gasteiger partial charge in [-0.25, -0.2) is 14.4 Å². The van der Waals surface area contributed by atoms with Crippen molar-refractivity contribution in [2.24, 2.45) is 5.92 Å². The second-order valence-electron chi connectivity index (χ2n) is 9.80. The Morgan fingerprint density at radius 1 is 1.17 bits per heavy atom. The van der Waals surface area contributed by atoms with Crippen molar-refractivity contribution in [2.45, 2.75) is 70.5 Å². The quantitative estimate of drug-likeness (QED) is 0.419. The molecule has 2 aromatic rings. The van der Waals surface area contributed by atoms with Crippen molar-refractivity contribution in [3.8, 4) is 11.3 Å². The Labute approximate surface area is 212 Å². The van der Waals surface area contributed by atoms with Gasteiger partial charge in [-0.3, -0.25) is 0 Å². The first-order valence-corrected chi connectivity index (χ1v) is 13.1. The summed E-state index contributed by atoms with van der Waals surface area (Å²) < 4.78 is 19.9. The molecule has 7 nitrogen and oxygen atoms in total. The molecular weight excluding hydrogens is 469 g/mol. The summed E-state index contributed by atoms with van der Waals surface area (Å²) >= 11 is 6.49. The molecule has 1 aliphatic carbocycles. The highest BCUT2D eigenvalue weighted by atomic mass is 35.5. The SMILES string of the molecule is CON(C(C)C)[C@H]1CC[C@H](Nc2cc(-c3ccc(F)c(NCC4CCOCC4)n3)c(Cl)cn2)CC1. The van der Waals surface area contributed by atoms with Crippen LogP contribution in [0.4, 0.5) is 16.0 Å². The van der Waals surface area contributed by atoms with Crippen molar-refractivity contribution in [2.75, 3.05) is 37.5 Å². The zero-order valence-corrected chi connectivity index (χ0v) is 21.7. The summed E-state index contributed by atoms with van der Waals surface area (Å²) in [6.45, 7) is 6.50. The minimum Gasteiger partial charge on any atom is -0.381 e. The van der Waals surface area contributed by atoms with E-state index < -0.39 is 0 Å². The molecule has 4 rings (SSSR count). The highest BCUT2D eigenvalue weighted by molar-refractivity contribution is 6.33. The Morgan fingerprint density at radius 2 is 1.91 bits per heavy atom. The van der Waals surface area contributed by atoms with Gasteiger partial charge in [0.2, 0.25) is 0 Å². The topological polar surface area (TPSA) is 71.5 Å². The predicted molar refractivity (Wildman–Crippen MR) is 138 cm³/mol. The maximum absolute atomic E-state index is 14.5. The maximum atomic E-state index is 14.5. The largest absolute Gasteiger partial charge is 0.381 e. The molecule has 0 spiro atoms. The molecule has 0 bridgehead atoms. The number of pyridine rings is 2. The fraction of sp³-hybridized carbons (Fsp3) is 0.615. The zero-order valence-electron chi connectivity index (χ0n) is 20.9. The van der Waals surface area contributed by atoms with Crippen LogP contribution in [0.2, 0.25) is 5.02 Å². The minimum absolute atomic E-state index is 0.252. The first-order chi connectivity index (χ1) is 16.9. The van der Waals surface area contributed by atoms with E-state index in [1.807, 2.05) is 6.07 Å². The second kappa shape index (κ2) is 12.3. The Kier molecular flexibility index (Phi) is 9.16. The van der Waals surface area contributed by atoms with Gasteiger partial charge >= 0.3 is 0 Å². The van der Waals surface area contributed by atoms with E-state index in [2.05, 4.69) is 39.5 Å². The Bertz CT molecular complexity index is 965. The lowest BCUT2D eigenvalue weighted by atomic mass is 9.90. The number of nitrogens with zero attached hydrogens (tertiary/aromatic N) is 3. The number of anilines is 2. The van der Waals surface area contributed by atoms with E-state index in [0.717, 1.165) is 63.1 Å². The Balaban J connectivity index is 1.41. The van der Waals surface area contributed by atoms with Crippen LogP contribution in [0.3, 0.4) is 0 Å². The Morgan fingerprint density at radius 3 is 2.60 bits per heavy atom. The van der Waals surface area contributed by atoms with E-state index in [1.165, 1.54) is 6.07 Å². The molecule has 9 heteroatoms. The number of hydrogen-bond donors (Lipinski definition) is 2. The average molecular weight is 506 g/mol. The van der Waals surface area contributed by atoms with E-state index >= 15 is 0 Å². The lowest BCUT2D eigenvalue weighted by Crippen LogP contribution is -2.43. The molecule has 2 N–H and O–H groups in total. The van der Waals surface area contributed by atoms with Crippen molar-refractivity contribution in [1.29, 1.82) is 0 Å². The summed E-state index contributed by atoms with van der Waals surface area (Å²) in [7, 11) is 1.75. The van der Waals surface area contributed by atoms with Crippen LogP contribution in [-0.2, 0) is 9.57 Å². The molecule has 0 unspecified atom stereocenters. The van der Waals surface area contributed by atoms with Gasteiger partial charge in [-0.2, -0.15) is 5.06 Å².